The van der Waals surface area contributed by atoms with Crippen molar-refractivity contribution in [3.63, 3.8) is 0 Å². The van der Waals surface area contributed by atoms with Gasteiger partial charge in [-0.3, -0.25) is 5.10 Å². The van der Waals surface area contributed by atoms with E-state index >= 15 is 0 Å². The van der Waals surface area contributed by atoms with Crippen molar-refractivity contribution in [3.05, 3.63) is 18.7 Å². The van der Waals surface area contributed by atoms with Crippen molar-refractivity contribution >= 4 is 11.6 Å². The highest BCUT2D eigenvalue weighted by Gasteiger charge is 2.24. The van der Waals surface area contributed by atoms with E-state index in [9.17, 15) is 13.2 Å². The minimum absolute atomic E-state index is 0.0464. The van der Waals surface area contributed by atoms with E-state index < -0.39 is 25.2 Å². The van der Waals surface area contributed by atoms with Gasteiger partial charge in [0.15, 0.2) is 11.9 Å². The highest BCUT2D eigenvalue weighted by Crippen LogP contribution is 2.32. The Morgan fingerprint density at radius 3 is 2.80 bits per heavy atom. The van der Waals surface area contributed by atoms with Gasteiger partial charge >= 0.3 is 0 Å². The maximum Gasteiger partial charge on any atom is 0.274 e. The minimum Gasteiger partial charge on any atom is -0.478 e. The first kappa shape index (κ1) is 17.0. The van der Waals surface area contributed by atoms with Crippen molar-refractivity contribution in [1.29, 1.82) is 0 Å². The second-order valence-corrected chi connectivity index (χ2v) is 5.47. The highest BCUT2D eigenvalue weighted by atomic mass is 19.3. The molecule has 0 aliphatic rings. The molecule has 0 amide bonds. The van der Waals surface area contributed by atoms with Crippen molar-refractivity contribution in [2.24, 2.45) is 0 Å². The summed E-state index contributed by atoms with van der Waals surface area (Å²) in [6, 6.07) is -0.497. The number of fused-ring (bicyclic) bond motifs is 1. The third-order valence-corrected chi connectivity index (χ3v) is 3.38. The quantitative estimate of drug-likeness (QED) is 0.676. The SMILES string of the molecule is C[C@H](Oc1c(-c2cn[nH]c2)ncn2nc(N[C@@H](C)CF)nc12)C(F)F. The molecule has 0 aliphatic heterocycles. The zero-order chi connectivity index (χ0) is 18.0. The normalized spacial score (nSPS) is 14.0. The fourth-order valence-corrected chi connectivity index (χ4v) is 2.09. The van der Waals surface area contributed by atoms with Gasteiger partial charge in [0.25, 0.3) is 6.43 Å². The fraction of sp³-hybridized carbons (Fsp3) is 0.429. The summed E-state index contributed by atoms with van der Waals surface area (Å²) in [6.45, 7) is 2.25. The average Bonchev–Trinajstić information content (AvgIpc) is 3.24. The molecule has 0 aromatic carbocycles. The first-order valence-electron chi connectivity index (χ1n) is 7.51. The Hall–Kier alpha value is -2.85. The van der Waals surface area contributed by atoms with Crippen LogP contribution in [0.4, 0.5) is 19.1 Å². The van der Waals surface area contributed by atoms with Crippen LogP contribution in [0.3, 0.4) is 0 Å². The van der Waals surface area contributed by atoms with E-state index in [2.05, 4.69) is 30.6 Å². The fourth-order valence-electron chi connectivity index (χ4n) is 2.09. The van der Waals surface area contributed by atoms with E-state index in [1.807, 2.05) is 0 Å². The number of H-pyrrole nitrogens is 1. The Balaban J connectivity index is 2.09. The molecule has 0 aliphatic carbocycles. The molecule has 0 saturated heterocycles. The Morgan fingerprint density at radius 2 is 2.16 bits per heavy atom. The van der Waals surface area contributed by atoms with Gasteiger partial charge in [0.2, 0.25) is 11.6 Å². The van der Waals surface area contributed by atoms with Gasteiger partial charge in [-0.25, -0.2) is 18.2 Å². The molecule has 0 spiro atoms. The molecule has 25 heavy (non-hydrogen) atoms. The van der Waals surface area contributed by atoms with Crippen LogP contribution >= 0.6 is 0 Å². The summed E-state index contributed by atoms with van der Waals surface area (Å²) < 4.78 is 45.3. The minimum atomic E-state index is -2.69. The summed E-state index contributed by atoms with van der Waals surface area (Å²) in [5.41, 5.74) is 1.03. The number of nitrogens with zero attached hydrogens (tertiary/aromatic N) is 5. The second kappa shape index (κ2) is 6.95. The first-order chi connectivity index (χ1) is 12.0. The molecule has 2 N–H and O–H groups in total. The predicted octanol–water partition coefficient (Wildman–Crippen LogP) is 2.32. The third-order valence-electron chi connectivity index (χ3n) is 3.38. The van der Waals surface area contributed by atoms with E-state index in [1.54, 1.807) is 13.1 Å². The molecule has 2 atom stereocenters. The number of anilines is 1. The first-order valence-corrected chi connectivity index (χ1v) is 7.51. The maximum atomic E-state index is 13.0. The summed E-state index contributed by atoms with van der Waals surface area (Å²) >= 11 is 0. The predicted molar refractivity (Wildman–Crippen MR) is 83.5 cm³/mol. The molecule has 3 heterocycles. The van der Waals surface area contributed by atoms with E-state index in [-0.39, 0.29) is 17.3 Å². The Morgan fingerprint density at radius 1 is 1.36 bits per heavy atom. The molecule has 11 heteroatoms. The zero-order valence-corrected chi connectivity index (χ0v) is 13.4. The Kier molecular flexibility index (Phi) is 4.72. The molecule has 0 fully saturated rings. The monoisotopic (exact) mass is 355 g/mol. The molecule has 3 aromatic heterocycles. The highest BCUT2D eigenvalue weighted by molar-refractivity contribution is 5.73. The molecule has 0 bridgehead atoms. The average molecular weight is 355 g/mol. The summed E-state index contributed by atoms with van der Waals surface area (Å²) in [6.07, 6.45) is 0.343. The maximum absolute atomic E-state index is 13.0. The van der Waals surface area contributed by atoms with Crippen LogP contribution < -0.4 is 10.1 Å². The number of alkyl halides is 3. The van der Waals surface area contributed by atoms with Gasteiger partial charge in [0, 0.05) is 11.8 Å². The molecule has 3 rings (SSSR count). The largest absolute Gasteiger partial charge is 0.478 e. The van der Waals surface area contributed by atoms with Crippen LogP contribution in [0, 0.1) is 0 Å². The van der Waals surface area contributed by atoms with Crippen molar-refractivity contribution in [2.45, 2.75) is 32.4 Å². The van der Waals surface area contributed by atoms with Gasteiger partial charge in [-0.15, -0.1) is 5.10 Å². The number of aromatic amines is 1. The number of aromatic nitrogens is 6. The Labute approximate surface area is 140 Å². The number of nitrogens with one attached hydrogen (secondary N) is 2. The molecule has 0 radical (unpaired) electrons. The molecule has 0 saturated carbocycles. The van der Waals surface area contributed by atoms with E-state index in [1.165, 1.54) is 24.0 Å². The smallest absolute Gasteiger partial charge is 0.274 e. The van der Waals surface area contributed by atoms with Gasteiger partial charge in [0.05, 0.1) is 12.2 Å². The van der Waals surface area contributed by atoms with Crippen LogP contribution in [-0.4, -0.2) is 55.0 Å². The van der Waals surface area contributed by atoms with Crippen LogP contribution in [0.2, 0.25) is 0 Å². The van der Waals surface area contributed by atoms with Crippen molar-refractivity contribution in [3.8, 4) is 17.0 Å². The topological polar surface area (TPSA) is 93.0 Å². The third kappa shape index (κ3) is 3.49. The van der Waals surface area contributed by atoms with Gasteiger partial charge in [-0.05, 0) is 13.8 Å². The van der Waals surface area contributed by atoms with E-state index in [0.717, 1.165) is 0 Å². The van der Waals surface area contributed by atoms with E-state index in [0.29, 0.717) is 11.3 Å². The number of hydrogen-bond acceptors (Lipinski definition) is 6. The van der Waals surface area contributed by atoms with Gasteiger partial charge in [-0.1, -0.05) is 0 Å². The summed E-state index contributed by atoms with van der Waals surface area (Å²) in [5.74, 6) is 0.191. The number of halogens is 3. The summed E-state index contributed by atoms with van der Waals surface area (Å²) in [5, 5.41) is 13.3. The summed E-state index contributed by atoms with van der Waals surface area (Å²) in [7, 11) is 0. The van der Waals surface area contributed by atoms with E-state index in [4.69, 9.17) is 4.74 Å². The van der Waals surface area contributed by atoms with Gasteiger partial charge in [0.1, 0.15) is 18.7 Å². The zero-order valence-electron chi connectivity index (χ0n) is 13.4. The number of ether oxygens (including phenoxy) is 1. The lowest BCUT2D eigenvalue weighted by atomic mass is 10.2. The van der Waals surface area contributed by atoms with Crippen LogP contribution in [0.15, 0.2) is 18.7 Å². The lowest BCUT2D eigenvalue weighted by Crippen LogP contribution is -2.22. The molecule has 3 aromatic rings. The van der Waals surface area contributed by atoms with Crippen LogP contribution in [0.25, 0.3) is 16.9 Å². The van der Waals surface area contributed by atoms with Crippen molar-refractivity contribution < 1.29 is 17.9 Å². The van der Waals surface area contributed by atoms with Crippen LogP contribution in [-0.2, 0) is 0 Å². The van der Waals surface area contributed by atoms with Crippen LogP contribution in [0.5, 0.6) is 5.75 Å². The lowest BCUT2D eigenvalue weighted by Gasteiger charge is -2.15. The van der Waals surface area contributed by atoms with Gasteiger partial charge < -0.3 is 10.1 Å². The molecule has 8 nitrogen and oxygen atoms in total. The van der Waals surface area contributed by atoms with Crippen LogP contribution in [0.1, 0.15) is 13.8 Å². The second-order valence-electron chi connectivity index (χ2n) is 5.47. The van der Waals surface area contributed by atoms with Crippen molar-refractivity contribution in [1.82, 2.24) is 29.8 Å². The number of rotatable bonds is 7. The van der Waals surface area contributed by atoms with Crippen molar-refractivity contribution in [2.75, 3.05) is 12.0 Å². The van der Waals surface area contributed by atoms with Gasteiger partial charge in [-0.2, -0.15) is 14.6 Å². The molecular formula is C14H16F3N7O. The molecule has 134 valence electrons. The standard InChI is InChI=1S/C14H16F3N7O/c1-7(3-15)21-14-22-13-11(25-8(2)12(16)17)10(9-4-19-20-5-9)18-6-24(13)23-14/h4-8,12H,3H2,1-2H3,(H,19,20)(H,21,23)/t7-,8-/m0/s1. The number of hydrogen-bond donors (Lipinski definition) is 2. The molecular weight excluding hydrogens is 339 g/mol. The summed E-state index contributed by atoms with van der Waals surface area (Å²) in [4.78, 5) is 8.42. The Bertz CT molecular complexity index is 836. The molecule has 0 unspecified atom stereocenters. The lowest BCUT2D eigenvalue weighted by molar-refractivity contribution is 0.0233.